The van der Waals surface area contributed by atoms with Crippen molar-refractivity contribution in [2.45, 2.75) is 19.9 Å². The van der Waals surface area contributed by atoms with E-state index in [1.165, 1.54) is 0 Å². The molecule has 1 unspecified atom stereocenters. The molecule has 0 spiro atoms. The first-order chi connectivity index (χ1) is 13.2. The van der Waals surface area contributed by atoms with Crippen molar-refractivity contribution in [1.29, 1.82) is 0 Å². The molecule has 0 bridgehead atoms. The zero-order chi connectivity index (χ0) is 19.2. The number of ether oxygens (including phenoxy) is 3. The summed E-state index contributed by atoms with van der Waals surface area (Å²) in [6.07, 6.45) is 0. The molecule has 2 aromatic rings. The molecule has 27 heavy (non-hydrogen) atoms. The number of nitrogens with zero attached hydrogens (tertiary/aromatic N) is 1. The molecular weight excluding hydrogens is 344 g/mol. The van der Waals surface area contributed by atoms with Crippen molar-refractivity contribution in [3.63, 3.8) is 0 Å². The van der Waals surface area contributed by atoms with Crippen LogP contribution in [0.25, 0.3) is 0 Å². The van der Waals surface area contributed by atoms with Gasteiger partial charge in [-0.15, -0.1) is 0 Å². The Morgan fingerprint density at radius 2 is 1.81 bits per heavy atom. The van der Waals surface area contributed by atoms with Crippen LogP contribution in [0, 0.1) is 0 Å². The van der Waals surface area contributed by atoms with E-state index >= 15 is 0 Å². The monoisotopic (exact) mass is 370 g/mol. The molecule has 1 N–H and O–H groups in total. The largest absolute Gasteiger partial charge is 0.497 e. The molecule has 0 aliphatic carbocycles. The number of carbonyl (C=O) groups excluding carboxylic acids is 1. The number of rotatable bonds is 8. The normalized spacial score (nSPS) is 13.5. The van der Waals surface area contributed by atoms with Crippen LogP contribution in [-0.4, -0.2) is 44.3 Å². The zero-order valence-corrected chi connectivity index (χ0v) is 16.0. The van der Waals surface area contributed by atoms with Gasteiger partial charge in [-0.2, -0.15) is 0 Å². The van der Waals surface area contributed by atoms with Gasteiger partial charge in [0.2, 0.25) is 6.79 Å². The van der Waals surface area contributed by atoms with Gasteiger partial charge in [0.1, 0.15) is 5.75 Å². The first-order valence-corrected chi connectivity index (χ1v) is 9.22. The third-order valence-electron chi connectivity index (χ3n) is 4.84. The van der Waals surface area contributed by atoms with E-state index in [2.05, 4.69) is 36.2 Å². The SMILES string of the molecule is CCN(CC)C(CNC(=O)c1ccc2c(c1)OCO2)c1ccc(OC)cc1. The summed E-state index contributed by atoms with van der Waals surface area (Å²) in [6, 6.07) is 13.3. The van der Waals surface area contributed by atoms with Crippen LogP contribution in [0.4, 0.5) is 0 Å². The Kier molecular flexibility index (Phi) is 6.19. The smallest absolute Gasteiger partial charge is 0.251 e. The fourth-order valence-electron chi connectivity index (χ4n) is 3.28. The van der Waals surface area contributed by atoms with Gasteiger partial charge in [-0.25, -0.2) is 0 Å². The van der Waals surface area contributed by atoms with Crippen molar-refractivity contribution in [2.75, 3.05) is 33.5 Å². The minimum Gasteiger partial charge on any atom is -0.497 e. The van der Waals surface area contributed by atoms with Crippen molar-refractivity contribution in [3.05, 3.63) is 53.6 Å². The minimum absolute atomic E-state index is 0.0869. The maximum atomic E-state index is 12.6. The quantitative estimate of drug-likeness (QED) is 0.773. The Bertz CT molecular complexity index is 772. The Morgan fingerprint density at radius 3 is 2.48 bits per heavy atom. The van der Waals surface area contributed by atoms with Crippen LogP contribution >= 0.6 is 0 Å². The molecule has 0 saturated heterocycles. The Balaban J connectivity index is 1.72. The van der Waals surface area contributed by atoms with Crippen LogP contribution in [0.2, 0.25) is 0 Å². The standard InChI is InChI=1S/C21H26N2O4/c1-4-23(5-2)18(15-6-9-17(25-3)10-7-15)13-22-21(24)16-8-11-19-20(12-16)27-14-26-19/h6-12,18H,4-5,13-14H2,1-3H3,(H,22,24). The van der Waals surface area contributed by atoms with Crippen LogP contribution in [0.15, 0.2) is 42.5 Å². The number of benzene rings is 2. The van der Waals surface area contributed by atoms with Crippen molar-refractivity contribution >= 4 is 5.91 Å². The molecule has 3 rings (SSSR count). The van der Waals surface area contributed by atoms with E-state index in [-0.39, 0.29) is 18.7 Å². The molecule has 6 nitrogen and oxygen atoms in total. The third kappa shape index (κ3) is 4.34. The van der Waals surface area contributed by atoms with Gasteiger partial charge in [0, 0.05) is 12.1 Å². The van der Waals surface area contributed by atoms with E-state index in [0.717, 1.165) is 24.4 Å². The van der Waals surface area contributed by atoms with Gasteiger partial charge >= 0.3 is 0 Å². The Hall–Kier alpha value is -2.73. The van der Waals surface area contributed by atoms with Crippen LogP contribution in [0.1, 0.15) is 35.8 Å². The lowest BCUT2D eigenvalue weighted by Gasteiger charge is -2.30. The fourth-order valence-corrected chi connectivity index (χ4v) is 3.28. The first-order valence-electron chi connectivity index (χ1n) is 9.22. The summed E-state index contributed by atoms with van der Waals surface area (Å²) in [5, 5.41) is 3.06. The number of hydrogen-bond donors (Lipinski definition) is 1. The van der Waals surface area contributed by atoms with Gasteiger partial charge in [0.15, 0.2) is 11.5 Å². The van der Waals surface area contributed by atoms with Crippen LogP contribution in [0.3, 0.4) is 0 Å². The summed E-state index contributed by atoms with van der Waals surface area (Å²) in [5.74, 6) is 1.98. The first kappa shape index (κ1) is 19.0. The topological polar surface area (TPSA) is 60.0 Å². The van der Waals surface area contributed by atoms with Gasteiger partial charge < -0.3 is 19.5 Å². The van der Waals surface area contributed by atoms with Crippen molar-refractivity contribution in [3.8, 4) is 17.2 Å². The molecule has 1 amide bonds. The van der Waals surface area contributed by atoms with Gasteiger partial charge in [-0.05, 0) is 49.0 Å². The number of likely N-dealkylation sites (N-methyl/N-ethyl adjacent to an activating group) is 1. The van der Waals surface area contributed by atoms with Gasteiger partial charge in [0.25, 0.3) is 5.91 Å². The summed E-state index contributed by atoms with van der Waals surface area (Å²) >= 11 is 0. The predicted molar refractivity (Wildman–Crippen MR) is 104 cm³/mol. The average Bonchev–Trinajstić information content (AvgIpc) is 3.19. The maximum Gasteiger partial charge on any atom is 0.251 e. The summed E-state index contributed by atoms with van der Waals surface area (Å²) < 4.78 is 15.9. The van der Waals surface area contributed by atoms with Gasteiger partial charge in [-0.3, -0.25) is 9.69 Å². The molecular formula is C21H26N2O4. The third-order valence-corrected chi connectivity index (χ3v) is 4.84. The fraction of sp³-hybridized carbons (Fsp3) is 0.381. The summed E-state index contributed by atoms with van der Waals surface area (Å²) in [7, 11) is 1.66. The second-order valence-corrected chi connectivity index (χ2v) is 6.29. The number of nitrogens with one attached hydrogen (secondary N) is 1. The maximum absolute atomic E-state index is 12.6. The van der Waals surface area contributed by atoms with E-state index in [4.69, 9.17) is 14.2 Å². The molecule has 1 aliphatic rings. The molecule has 1 atom stereocenters. The van der Waals surface area contributed by atoms with Crippen molar-refractivity contribution < 1.29 is 19.0 Å². The Labute approximate surface area is 160 Å². The predicted octanol–water partition coefficient (Wildman–Crippen LogP) is 3.24. The van der Waals surface area contributed by atoms with Gasteiger partial charge in [0.05, 0.1) is 13.2 Å². The molecule has 1 aliphatic heterocycles. The summed E-state index contributed by atoms with van der Waals surface area (Å²) in [6.45, 7) is 6.75. The lowest BCUT2D eigenvalue weighted by atomic mass is 10.0. The lowest BCUT2D eigenvalue weighted by Crippen LogP contribution is -2.38. The van der Waals surface area contributed by atoms with Crippen LogP contribution < -0.4 is 19.5 Å². The second kappa shape index (κ2) is 8.77. The van der Waals surface area contributed by atoms with Crippen LogP contribution in [0.5, 0.6) is 17.2 Å². The highest BCUT2D eigenvalue weighted by Gasteiger charge is 2.21. The minimum atomic E-state index is -0.126. The summed E-state index contributed by atoms with van der Waals surface area (Å²) in [4.78, 5) is 15.0. The van der Waals surface area contributed by atoms with E-state index in [9.17, 15) is 4.79 Å². The highest BCUT2D eigenvalue weighted by atomic mass is 16.7. The molecule has 6 heteroatoms. The van der Waals surface area contributed by atoms with E-state index in [1.54, 1.807) is 25.3 Å². The highest BCUT2D eigenvalue weighted by molar-refractivity contribution is 5.95. The number of fused-ring (bicyclic) bond motifs is 1. The van der Waals surface area contributed by atoms with Crippen molar-refractivity contribution in [1.82, 2.24) is 10.2 Å². The lowest BCUT2D eigenvalue weighted by molar-refractivity contribution is 0.0934. The summed E-state index contributed by atoms with van der Waals surface area (Å²) in [5.41, 5.74) is 1.71. The molecule has 0 fully saturated rings. The highest BCUT2D eigenvalue weighted by Crippen LogP contribution is 2.32. The number of amides is 1. The van der Waals surface area contributed by atoms with Crippen molar-refractivity contribution in [2.24, 2.45) is 0 Å². The molecule has 0 saturated carbocycles. The number of carbonyl (C=O) groups is 1. The number of hydrogen-bond acceptors (Lipinski definition) is 5. The molecule has 144 valence electrons. The van der Waals surface area contributed by atoms with E-state index in [0.29, 0.717) is 23.6 Å². The molecule has 2 aromatic carbocycles. The molecule has 0 aromatic heterocycles. The number of methoxy groups -OCH3 is 1. The second-order valence-electron chi connectivity index (χ2n) is 6.29. The van der Waals surface area contributed by atoms with Gasteiger partial charge in [-0.1, -0.05) is 26.0 Å². The van der Waals surface area contributed by atoms with E-state index in [1.807, 2.05) is 12.1 Å². The Morgan fingerprint density at radius 1 is 1.11 bits per heavy atom. The van der Waals surface area contributed by atoms with E-state index < -0.39 is 0 Å². The zero-order valence-electron chi connectivity index (χ0n) is 16.0. The average molecular weight is 370 g/mol. The molecule has 0 radical (unpaired) electrons. The molecule has 1 heterocycles. The van der Waals surface area contributed by atoms with Crippen LogP contribution in [-0.2, 0) is 0 Å².